The van der Waals surface area contributed by atoms with Crippen molar-refractivity contribution < 1.29 is 23.5 Å². The molecule has 0 unspecified atom stereocenters. The van der Waals surface area contributed by atoms with Crippen molar-refractivity contribution in [3.05, 3.63) is 42.2 Å². The van der Waals surface area contributed by atoms with Gasteiger partial charge in [-0.15, -0.1) is 0 Å². The summed E-state index contributed by atoms with van der Waals surface area (Å²) in [7, 11) is 0. The van der Waals surface area contributed by atoms with Crippen molar-refractivity contribution in [1.82, 2.24) is 0 Å². The first-order valence-electron chi connectivity index (χ1n) is 6.94. The van der Waals surface area contributed by atoms with Crippen LogP contribution in [0.15, 0.2) is 36.4 Å². The topological polar surface area (TPSA) is 52.6 Å². The summed E-state index contributed by atoms with van der Waals surface area (Å²) in [6.45, 7) is 2.43. The van der Waals surface area contributed by atoms with Crippen LogP contribution in [0.2, 0.25) is 0 Å². The summed E-state index contributed by atoms with van der Waals surface area (Å²) in [5.74, 6) is -1.78. The SMILES string of the molecule is CCCCCCOC(=O)/C=C/C(=O)Oc1cccc(F)c1. The molecule has 0 amide bonds. The van der Waals surface area contributed by atoms with Crippen LogP contribution in [-0.4, -0.2) is 18.5 Å². The van der Waals surface area contributed by atoms with Crippen LogP contribution in [0.4, 0.5) is 4.39 Å². The van der Waals surface area contributed by atoms with Crippen molar-refractivity contribution in [3.63, 3.8) is 0 Å². The number of carbonyl (C=O) groups is 2. The van der Waals surface area contributed by atoms with Gasteiger partial charge in [-0.25, -0.2) is 14.0 Å². The lowest BCUT2D eigenvalue weighted by atomic mass is 10.2. The molecule has 4 nitrogen and oxygen atoms in total. The lowest BCUT2D eigenvalue weighted by molar-refractivity contribution is -0.138. The van der Waals surface area contributed by atoms with Gasteiger partial charge in [0.2, 0.25) is 0 Å². The van der Waals surface area contributed by atoms with Crippen molar-refractivity contribution in [2.45, 2.75) is 32.6 Å². The highest BCUT2D eigenvalue weighted by molar-refractivity contribution is 5.92. The molecule has 0 saturated heterocycles. The van der Waals surface area contributed by atoms with E-state index in [4.69, 9.17) is 9.47 Å². The van der Waals surface area contributed by atoms with Gasteiger partial charge in [-0.1, -0.05) is 32.3 Å². The highest BCUT2D eigenvalue weighted by Gasteiger charge is 2.03. The van der Waals surface area contributed by atoms with Crippen LogP contribution >= 0.6 is 0 Å². The molecule has 0 radical (unpaired) electrons. The predicted molar refractivity (Wildman–Crippen MR) is 76.3 cm³/mol. The smallest absolute Gasteiger partial charge is 0.336 e. The molecule has 0 bridgehead atoms. The van der Waals surface area contributed by atoms with E-state index in [1.165, 1.54) is 18.2 Å². The fourth-order valence-corrected chi connectivity index (χ4v) is 1.57. The molecule has 0 aliphatic rings. The fraction of sp³-hybridized carbons (Fsp3) is 0.375. The highest BCUT2D eigenvalue weighted by atomic mass is 19.1. The van der Waals surface area contributed by atoms with Crippen molar-refractivity contribution >= 4 is 11.9 Å². The van der Waals surface area contributed by atoms with Crippen LogP contribution in [0.5, 0.6) is 5.75 Å². The Morgan fingerprint density at radius 2 is 1.90 bits per heavy atom. The lowest BCUT2D eigenvalue weighted by Crippen LogP contribution is -2.07. The third-order valence-electron chi connectivity index (χ3n) is 2.61. The molecule has 1 aromatic rings. The minimum atomic E-state index is -0.761. The molecule has 0 fully saturated rings. The van der Waals surface area contributed by atoms with Crippen LogP contribution in [0.25, 0.3) is 0 Å². The molecule has 0 spiro atoms. The third-order valence-corrected chi connectivity index (χ3v) is 2.61. The predicted octanol–water partition coefficient (Wildman–Crippen LogP) is 3.41. The van der Waals surface area contributed by atoms with Gasteiger partial charge < -0.3 is 9.47 Å². The van der Waals surface area contributed by atoms with E-state index in [1.807, 2.05) is 0 Å². The quantitative estimate of drug-likeness (QED) is 0.319. The molecule has 21 heavy (non-hydrogen) atoms. The highest BCUT2D eigenvalue weighted by Crippen LogP contribution is 2.12. The van der Waals surface area contributed by atoms with Gasteiger partial charge in [0.1, 0.15) is 11.6 Å². The minimum absolute atomic E-state index is 0.0811. The summed E-state index contributed by atoms with van der Waals surface area (Å²) in [6, 6.07) is 5.19. The van der Waals surface area contributed by atoms with Crippen LogP contribution in [-0.2, 0) is 14.3 Å². The summed E-state index contributed by atoms with van der Waals surface area (Å²) < 4.78 is 22.6. The van der Waals surface area contributed by atoms with E-state index in [0.717, 1.165) is 43.9 Å². The zero-order valence-corrected chi connectivity index (χ0v) is 12.0. The Bertz CT molecular complexity index is 497. The van der Waals surface area contributed by atoms with E-state index >= 15 is 0 Å². The molecule has 0 aromatic heterocycles. The first kappa shape index (κ1) is 16.9. The summed E-state index contributed by atoms with van der Waals surface area (Å²) in [5.41, 5.74) is 0. The lowest BCUT2D eigenvalue weighted by Gasteiger charge is -2.02. The summed E-state index contributed by atoms with van der Waals surface area (Å²) in [5, 5.41) is 0. The standard InChI is InChI=1S/C16H19FO4/c1-2-3-4-5-11-20-15(18)9-10-16(19)21-14-8-6-7-13(17)12-14/h6-10,12H,2-5,11H2,1H3/b10-9+. The second kappa shape index (κ2) is 9.69. The normalized spacial score (nSPS) is 10.6. The van der Waals surface area contributed by atoms with E-state index in [1.54, 1.807) is 0 Å². The molecule has 0 aliphatic heterocycles. The number of ether oxygens (including phenoxy) is 2. The van der Waals surface area contributed by atoms with Gasteiger partial charge in [0.05, 0.1) is 6.61 Å². The number of unbranched alkanes of at least 4 members (excludes halogenated alkanes) is 3. The van der Waals surface area contributed by atoms with Gasteiger partial charge >= 0.3 is 11.9 Å². The largest absolute Gasteiger partial charge is 0.463 e. The Morgan fingerprint density at radius 1 is 1.14 bits per heavy atom. The second-order valence-corrected chi connectivity index (χ2v) is 4.44. The van der Waals surface area contributed by atoms with Crippen LogP contribution < -0.4 is 4.74 Å². The molecule has 0 heterocycles. The number of esters is 2. The molecule has 1 rings (SSSR count). The first-order valence-corrected chi connectivity index (χ1v) is 6.94. The summed E-state index contributed by atoms with van der Waals surface area (Å²) in [4.78, 5) is 22.7. The van der Waals surface area contributed by atoms with Gasteiger partial charge in [-0.3, -0.25) is 0 Å². The Kier molecular flexibility index (Phi) is 7.79. The maximum absolute atomic E-state index is 12.9. The molecule has 0 atom stereocenters. The zero-order chi connectivity index (χ0) is 15.5. The molecule has 5 heteroatoms. The number of benzene rings is 1. The van der Waals surface area contributed by atoms with Gasteiger partial charge in [0, 0.05) is 18.2 Å². The number of hydrogen-bond donors (Lipinski definition) is 0. The fourth-order valence-electron chi connectivity index (χ4n) is 1.57. The van der Waals surface area contributed by atoms with Gasteiger partial charge in [-0.05, 0) is 18.6 Å². The molecule has 1 aromatic carbocycles. The average molecular weight is 294 g/mol. The zero-order valence-electron chi connectivity index (χ0n) is 12.0. The summed E-state index contributed by atoms with van der Waals surface area (Å²) >= 11 is 0. The maximum Gasteiger partial charge on any atom is 0.336 e. The van der Waals surface area contributed by atoms with Crippen molar-refractivity contribution in [1.29, 1.82) is 0 Å². The molecule has 0 saturated carbocycles. The van der Waals surface area contributed by atoms with E-state index in [9.17, 15) is 14.0 Å². The van der Waals surface area contributed by atoms with Gasteiger partial charge in [-0.2, -0.15) is 0 Å². The number of hydrogen-bond acceptors (Lipinski definition) is 4. The van der Waals surface area contributed by atoms with E-state index in [0.29, 0.717) is 6.61 Å². The van der Waals surface area contributed by atoms with Gasteiger partial charge in [0.25, 0.3) is 0 Å². The van der Waals surface area contributed by atoms with Crippen molar-refractivity contribution in [2.24, 2.45) is 0 Å². The first-order chi connectivity index (χ1) is 10.1. The van der Waals surface area contributed by atoms with Crippen LogP contribution in [0.1, 0.15) is 32.6 Å². The third kappa shape index (κ3) is 7.87. The van der Waals surface area contributed by atoms with Crippen molar-refractivity contribution in [2.75, 3.05) is 6.61 Å². The number of carbonyl (C=O) groups excluding carboxylic acids is 2. The Hall–Kier alpha value is -2.17. The molecular weight excluding hydrogens is 275 g/mol. The molecular formula is C16H19FO4. The van der Waals surface area contributed by atoms with E-state index in [-0.39, 0.29) is 5.75 Å². The Morgan fingerprint density at radius 3 is 2.62 bits per heavy atom. The Labute approximate surface area is 123 Å². The number of rotatable bonds is 8. The minimum Gasteiger partial charge on any atom is -0.463 e. The Balaban J connectivity index is 2.28. The molecule has 0 N–H and O–H groups in total. The van der Waals surface area contributed by atoms with E-state index in [2.05, 4.69) is 6.92 Å². The summed E-state index contributed by atoms with van der Waals surface area (Å²) in [6.07, 6.45) is 5.99. The van der Waals surface area contributed by atoms with Gasteiger partial charge in [0.15, 0.2) is 0 Å². The van der Waals surface area contributed by atoms with E-state index < -0.39 is 17.8 Å². The molecule has 0 aliphatic carbocycles. The maximum atomic E-state index is 12.9. The van der Waals surface area contributed by atoms with Crippen molar-refractivity contribution in [3.8, 4) is 5.75 Å². The number of halogens is 1. The van der Waals surface area contributed by atoms with Crippen LogP contribution in [0, 0.1) is 5.82 Å². The monoisotopic (exact) mass is 294 g/mol. The van der Waals surface area contributed by atoms with Crippen LogP contribution in [0.3, 0.4) is 0 Å². The average Bonchev–Trinajstić information content (AvgIpc) is 2.45. The molecule has 114 valence electrons. The second-order valence-electron chi connectivity index (χ2n) is 4.44.